The molecule has 0 fully saturated rings. The third-order valence-electron chi connectivity index (χ3n) is 2.58. The Kier molecular flexibility index (Phi) is 3.91. The molecule has 0 radical (unpaired) electrons. The predicted molar refractivity (Wildman–Crippen MR) is 75.7 cm³/mol. The maximum absolute atomic E-state index is 11.7. The van der Waals surface area contributed by atoms with Gasteiger partial charge in [0.25, 0.3) is 0 Å². The van der Waals surface area contributed by atoms with Crippen LogP contribution in [0.25, 0.3) is 0 Å². The van der Waals surface area contributed by atoms with Gasteiger partial charge in [0.1, 0.15) is 0 Å². The van der Waals surface area contributed by atoms with Crippen LogP contribution >= 0.6 is 11.3 Å². The fourth-order valence-corrected chi connectivity index (χ4v) is 3.84. The molecule has 20 heavy (non-hydrogen) atoms. The van der Waals surface area contributed by atoms with Crippen LogP contribution in [0, 0.1) is 6.92 Å². The second-order valence-corrected chi connectivity index (χ2v) is 7.28. The van der Waals surface area contributed by atoms with Gasteiger partial charge < -0.3 is 5.32 Å². The normalized spacial score (nSPS) is 19.8. The number of hydrogen-bond acceptors (Lipinski definition) is 6. The van der Waals surface area contributed by atoms with Crippen LogP contribution in [0.2, 0.25) is 0 Å². The van der Waals surface area contributed by atoms with Crippen LogP contribution < -0.4 is 10.6 Å². The monoisotopic (exact) mass is 315 g/mol. The van der Waals surface area contributed by atoms with Gasteiger partial charge in [-0.05, 0) is 13.0 Å². The van der Waals surface area contributed by atoms with Crippen molar-refractivity contribution in [2.75, 3.05) is 11.1 Å². The first-order valence-electron chi connectivity index (χ1n) is 5.74. The minimum Gasteiger partial charge on any atom is -0.331 e. The molecule has 0 saturated carbocycles. The van der Waals surface area contributed by atoms with E-state index in [1.165, 1.54) is 13.0 Å². The molecule has 0 saturated heterocycles. The van der Waals surface area contributed by atoms with E-state index in [0.29, 0.717) is 15.7 Å². The lowest BCUT2D eigenvalue weighted by Gasteiger charge is -2.09. The van der Waals surface area contributed by atoms with Crippen molar-refractivity contribution in [2.45, 2.75) is 19.9 Å². The highest BCUT2D eigenvalue weighted by Gasteiger charge is 2.23. The molecule has 1 aromatic heterocycles. The summed E-state index contributed by atoms with van der Waals surface area (Å²) in [5, 5.41) is 6.38. The van der Waals surface area contributed by atoms with Crippen molar-refractivity contribution in [2.24, 2.45) is 0 Å². The number of ketones is 1. The number of rotatable bonds is 3. The standard InChI is InChI=1S/C11H13N3O4S2/c1-6-9(7(2)15)19-11(12-6)14-10(16)13-8-3-4-20(17,18)5-8/h3-4,8H,5H2,1-2H3,(H2,12,13,14,16)/t8-/m1/s1. The number of sulfone groups is 1. The number of nitrogens with zero attached hydrogens (tertiary/aromatic N) is 1. The van der Waals surface area contributed by atoms with Crippen molar-refractivity contribution in [1.29, 1.82) is 0 Å². The van der Waals surface area contributed by atoms with Crippen molar-refractivity contribution in [3.05, 3.63) is 22.1 Å². The minimum atomic E-state index is -3.21. The number of carbonyl (C=O) groups excluding carboxylic acids is 2. The maximum atomic E-state index is 11.7. The molecule has 1 aromatic rings. The Balaban J connectivity index is 1.97. The van der Waals surface area contributed by atoms with Gasteiger partial charge >= 0.3 is 6.03 Å². The van der Waals surface area contributed by atoms with Crippen molar-refractivity contribution in [3.63, 3.8) is 0 Å². The molecule has 0 aromatic carbocycles. The number of nitrogens with one attached hydrogen (secondary N) is 2. The number of aryl methyl sites for hydroxylation is 1. The lowest BCUT2D eigenvalue weighted by molar-refractivity contribution is 0.102. The van der Waals surface area contributed by atoms with Gasteiger partial charge in [0.05, 0.1) is 22.4 Å². The van der Waals surface area contributed by atoms with Gasteiger partial charge in [-0.1, -0.05) is 11.3 Å². The first-order chi connectivity index (χ1) is 9.27. The van der Waals surface area contributed by atoms with E-state index < -0.39 is 21.9 Å². The molecule has 2 rings (SSSR count). The molecule has 9 heteroatoms. The Morgan fingerprint density at radius 3 is 2.65 bits per heavy atom. The molecule has 2 heterocycles. The Morgan fingerprint density at radius 1 is 1.45 bits per heavy atom. The predicted octanol–water partition coefficient (Wildman–Crippen LogP) is 1.09. The van der Waals surface area contributed by atoms with E-state index in [1.54, 1.807) is 6.92 Å². The summed E-state index contributed by atoms with van der Waals surface area (Å²) in [5.41, 5.74) is 0.557. The molecule has 0 unspecified atom stereocenters. The number of carbonyl (C=O) groups is 2. The van der Waals surface area contributed by atoms with E-state index in [4.69, 9.17) is 0 Å². The van der Waals surface area contributed by atoms with Gasteiger partial charge in [-0.2, -0.15) is 0 Å². The first-order valence-corrected chi connectivity index (χ1v) is 8.27. The molecule has 0 bridgehead atoms. The third-order valence-corrected chi connectivity index (χ3v) is 5.15. The van der Waals surface area contributed by atoms with Crippen LogP contribution in [0.4, 0.5) is 9.93 Å². The molecule has 108 valence electrons. The lowest BCUT2D eigenvalue weighted by atomic mass is 10.3. The van der Waals surface area contributed by atoms with E-state index in [-0.39, 0.29) is 11.5 Å². The zero-order valence-corrected chi connectivity index (χ0v) is 12.5. The molecule has 0 aliphatic carbocycles. The number of urea groups is 1. The lowest BCUT2D eigenvalue weighted by Crippen LogP contribution is -2.38. The quantitative estimate of drug-likeness (QED) is 0.812. The average molecular weight is 315 g/mol. The van der Waals surface area contributed by atoms with Gasteiger partial charge in [0.2, 0.25) is 0 Å². The van der Waals surface area contributed by atoms with Gasteiger partial charge in [-0.15, -0.1) is 0 Å². The van der Waals surface area contributed by atoms with Gasteiger partial charge in [0, 0.05) is 12.3 Å². The number of aromatic nitrogens is 1. The molecule has 0 spiro atoms. The highest BCUT2D eigenvalue weighted by Crippen LogP contribution is 2.22. The molecule has 1 aliphatic rings. The topological polar surface area (TPSA) is 105 Å². The summed E-state index contributed by atoms with van der Waals surface area (Å²) in [5.74, 6) is -0.256. The Hall–Kier alpha value is -1.74. The molecule has 2 N–H and O–H groups in total. The summed E-state index contributed by atoms with van der Waals surface area (Å²) >= 11 is 1.08. The zero-order chi connectivity index (χ0) is 14.9. The number of Topliss-reactive ketones (excluding diaryl/α,β-unsaturated/α-hetero) is 1. The first kappa shape index (κ1) is 14.7. The number of anilines is 1. The van der Waals surface area contributed by atoms with E-state index in [9.17, 15) is 18.0 Å². The molecular formula is C11H13N3O4S2. The zero-order valence-electron chi connectivity index (χ0n) is 10.8. The van der Waals surface area contributed by atoms with Gasteiger partial charge in [-0.25, -0.2) is 18.2 Å². The van der Waals surface area contributed by atoms with Gasteiger partial charge in [-0.3, -0.25) is 10.1 Å². The highest BCUT2D eigenvalue weighted by atomic mass is 32.2. The number of amides is 2. The smallest absolute Gasteiger partial charge is 0.321 e. The summed E-state index contributed by atoms with van der Waals surface area (Å²) in [4.78, 5) is 27.5. The fourth-order valence-electron chi connectivity index (χ4n) is 1.74. The molecule has 1 atom stereocenters. The summed E-state index contributed by atoms with van der Waals surface area (Å²) in [6.45, 7) is 3.11. The Morgan fingerprint density at radius 2 is 2.15 bits per heavy atom. The molecule has 1 aliphatic heterocycles. The summed E-state index contributed by atoms with van der Waals surface area (Å²) in [6.07, 6.45) is 1.42. The van der Waals surface area contributed by atoms with Gasteiger partial charge in [0.15, 0.2) is 20.8 Å². The fraction of sp³-hybridized carbons (Fsp3) is 0.364. The maximum Gasteiger partial charge on any atom is 0.321 e. The van der Waals surface area contributed by atoms with E-state index in [0.717, 1.165) is 16.7 Å². The Labute approximate surface area is 120 Å². The Bertz CT molecular complexity index is 691. The van der Waals surface area contributed by atoms with Crippen LogP contribution in [0.3, 0.4) is 0 Å². The summed E-state index contributed by atoms with van der Waals surface area (Å²) < 4.78 is 22.4. The van der Waals surface area contributed by atoms with Crippen LogP contribution in [0.1, 0.15) is 22.3 Å². The third kappa shape index (κ3) is 3.42. The largest absolute Gasteiger partial charge is 0.331 e. The van der Waals surface area contributed by atoms with E-state index in [1.807, 2.05) is 0 Å². The number of hydrogen-bond donors (Lipinski definition) is 2. The van der Waals surface area contributed by atoms with Crippen LogP contribution in [-0.4, -0.2) is 37.0 Å². The van der Waals surface area contributed by atoms with E-state index in [2.05, 4.69) is 15.6 Å². The summed E-state index contributed by atoms with van der Waals surface area (Å²) in [7, 11) is -3.21. The second-order valence-electron chi connectivity index (χ2n) is 4.35. The van der Waals surface area contributed by atoms with Crippen LogP contribution in [0.5, 0.6) is 0 Å². The minimum absolute atomic E-state index is 0.113. The van der Waals surface area contributed by atoms with Crippen molar-refractivity contribution in [3.8, 4) is 0 Å². The summed E-state index contributed by atoms with van der Waals surface area (Å²) in [6, 6.07) is -1.10. The van der Waals surface area contributed by atoms with Crippen LogP contribution in [-0.2, 0) is 9.84 Å². The highest BCUT2D eigenvalue weighted by molar-refractivity contribution is 7.94. The SMILES string of the molecule is CC(=O)c1sc(NC(=O)N[C@@H]2C=CS(=O)(=O)C2)nc1C. The number of thiazole rings is 1. The van der Waals surface area contributed by atoms with E-state index >= 15 is 0 Å². The van der Waals surface area contributed by atoms with Crippen molar-refractivity contribution in [1.82, 2.24) is 10.3 Å². The van der Waals surface area contributed by atoms with Crippen LogP contribution in [0.15, 0.2) is 11.5 Å². The van der Waals surface area contributed by atoms with Crippen molar-refractivity contribution >= 4 is 38.1 Å². The molecular weight excluding hydrogens is 302 g/mol. The second kappa shape index (κ2) is 5.33. The van der Waals surface area contributed by atoms with Crippen molar-refractivity contribution < 1.29 is 18.0 Å². The molecule has 2 amide bonds. The average Bonchev–Trinajstić information content (AvgIpc) is 2.81. The molecule has 7 nitrogen and oxygen atoms in total.